The van der Waals surface area contributed by atoms with Gasteiger partial charge in [-0.1, -0.05) is 38.5 Å². The molecule has 7 nitrogen and oxygen atoms in total. The minimum absolute atomic E-state index is 0.159. The molecule has 161 valence electrons. The first kappa shape index (κ1) is 31.4. The normalized spacial score (nSPS) is 9.43. The van der Waals surface area contributed by atoms with E-state index in [4.69, 9.17) is 3.67 Å². The summed E-state index contributed by atoms with van der Waals surface area (Å²) in [5, 5.41) is 20.0. The van der Waals surface area contributed by atoms with E-state index >= 15 is 0 Å². The van der Waals surface area contributed by atoms with Gasteiger partial charge in [-0.15, -0.1) is 0 Å². The Hall–Kier alpha value is -1.34. The topological polar surface area (TPSA) is 131 Å². The van der Waals surface area contributed by atoms with Crippen LogP contribution in [0.2, 0.25) is 0 Å². The third kappa shape index (κ3) is 39.6. The van der Waals surface area contributed by atoms with Crippen LogP contribution in [0.1, 0.15) is 104 Å². The predicted molar refractivity (Wildman–Crippen MR) is 96.7 cm³/mol. The van der Waals surface area contributed by atoms with Gasteiger partial charge in [0.05, 0.1) is 0 Å². The SMILES string of the molecule is CC(=O)CCCCCCCC(=O)[O-].CC(=O)CCCCCCCC(=O)[O-].[O]=[V+2]. The van der Waals surface area contributed by atoms with Crippen molar-refractivity contribution in [3.8, 4) is 0 Å². The van der Waals surface area contributed by atoms with Crippen LogP contribution < -0.4 is 10.2 Å². The molecule has 0 spiro atoms. The monoisotopic (exact) mass is 437 g/mol. The molecule has 0 saturated carbocycles. The number of Topliss-reactive ketones (excluding diaryl/α,β-unsaturated/α-hetero) is 2. The van der Waals surface area contributed by atoms with Crippen LogP contribution in [0.25, 0.3) is 0 Å². The molecule has 28 heavy (non-hydrogen) atoms. The zero-order valence-corrected chi connectivity index (χ0v) is 18.6. The van der Waals surface area contributed by atoms with Gasteiger partial charge in [0.2, 0.25) is 0 Å². The maximum absolute atomic E-state index is 10.5. The number of unbranched alkanes of at least 4 members (excludes halogenated alkanes) is 8. The van der Waals surface area contributed by atoms with E-state index in [9.17, 15) is 29.4 Å². The Bertz CT molecular complexity index is 351. The van der Waals surface area contributed by atoms with E-state index in [2.05, 4.69) is 0 Å². The van der Waals surface area contributed by atoms with E-state index in [0.717, 1.165) is 68.7 Å². The summed E-state index contributed by atoms with van der Waals surface area (Å²) in [5.74, 6) is -1.48. The number of aliphatic carboxylic acids is 2. The second-order valence-electron chi connectivity index (χ2n) is 6.68. The van der Waals surface area contributed by atoms with Crippen LogP contribution in [0.3, 0.4) is 0 Å². The van der Waals surface area contributed by atoms with E-state index in [1.165, 1.54) is 0 Å². The quantitative estimate of drug-likeness (QED) is 0.337. The Kier molecular flexibility index (Phi) is 28.7. The van der Waals surface area contributed by atoms with Crippen molar-refractivity contribution < 1.29 is 50.4 Å². The van der Waals surface area contributed by atoms with Crippen LogP contribution in [0.15, 0.2) is 0 Å². The van der Waals surface area contributed by atoms with Crippen LogP contribution in [0.4, 0.5) is 0 Å². The Balaban J connectivity index is -0.000000410. The Labute approximate surface area is 177 Å². The first-order chi connectivity index (χ1) is 13.3. The molecule has 0 unspecified atom stereocenters. The van der Waals surface area contributed by atoms with Gasteiger partial charge < -0.3 is 29.4 Å². The van der Waals surface area contributed by atoms with Crippen LogP contribution in [0, 0.1) is 0 Å². The number of carbonyl (C=O) groups is 4. The Morgan fingerprint density at radius 3 is 0.929 bits per heavy atom. The van der Waals surface area contributed by atoms with Crippen LogP contribution in [0.5, 0.6) is 0 Å². The molecule has 0 fully saturated rings. The van der Waals surface area contributed by atoms with Gasteiger partial charge in [0.25, 0.3) is 0 Å². The van der Waals surface area contributed by atoms with Crippen molar-refractivity contribution in [3.05, 3.63) is 0 Å². The molecule has 0 bridgehead atoms. The van der Waals surface area contributed by atoms with Gasteiger partial charge in [0.1, 0.15) is 11.6 Å². The van der Waals surface area contributed by atoms with Crippen LogP contribution >= 0.6 is 0 Å². The number of hydrogen-bond acceptors (Lipinski definition) is 7. The van der Waals surface area contributed by atoms with Crippen molar-refractivity contribution in [2.45, 2.75) is 104 Å². The Morgan fingerprint density at radius 1 is 0.500 bits per heavy atom. The average Bonchev–Trinajstić information content (AvgIpc) is 2.61. The molecule has 0 heterocycles. The van der Waals surface area contributed by atoms with Crippen molar-refractivity contribution in [2.75, 3.05) is 0 Å². The Morgan fingerprint density at radius 2 is 0.714 bits per heavy atom. The summed E-state index contributed by atoms with van der Waals surface area (Å²) in [6, 6.07) is 0. The van der Waals surface area contributed by atoms with E-state index in [0.29, 0.717) is 25.7 Å². The molecule has 0 N–H and O–H groups in total. The maximum atomic E-state index is 10.5. The molecule has 0 aliphatic carbocycles. The number of ketones is 2. The fourth-order valence-electron chi connectivity index (χ4n) is 2.35. The average molecular weight is 437 g/mol. The molecule has 0 radical (unpaired) electrons. The van der Waals surface area contributed by atoms with E-state index in [1.54, 1.807) is 13.8 Å². The fourth-order valence-corrected chi connectivity index (χ4v) is 2.35. The summed E-state index contributed by atoms with van der Waals surface area (Å²) >= 11 is 1.06. The molecule has 0 aromatic carbocycles. The van der Waals surface area contributed by atoms with Gasteiger partial charge >= 0.3 is 21.0 Å². The number of carbonyl (C=O) groups excluding carboxylic acids is 4. The van der Waals surface area contributed by atoms with Gasteiger partial charge in [-0.05, 0) is 52.4 Å². The van der Waals surface area contributed by atoms with Gasteiger partial charge in [-0.25, -0.2) is 0 Å². The summed E-state index contributed by atoms with van der Waals surface area (Å²) in [6.45, 7) is 3.19. The van der Waals surface area contributed by atoms with Gasteiger partial charge in [-0.3, -0.25) is 0 Å². The molecule has 0 rings (SSSR count). The summed E-state index contributed by atoms with van der Waals surface area (Å²) in [4.78, 5) is 41.1. The molecule has 0 saturated heterocycles. The summed E-state index contributed by atoms with van der Waals surface area (Å²) in [7, 11) is 0. The van der Waals surface area contributed by atoms with Crippen LogP contribution in [-0.4, -0.2) is 23.5 Å². The van der Waals surface area contributed by atoms with E-state index < -0.39 is 11.9 Å². The predicted octanol–water partition coefficient (Wildman–Crippen LogP) is 1.99. The van der Waals surface area contributed by atoms with E-state index in [1.807, 2.05) is 0 Å². The first-order valence-electron chi connectivity index (χ1n) is 9.82. The standard InChI is InChI=1S/2C10H18O3.O.V/c2*1-9(11)7-5-3-2-4-6-8-10(12)13;;/h2*2-8H2,1H3,(H,12,13);;/q;;;+2/p-2. The first-order valence-corrected chi connectivity index (χ1v) is 10.4. The van der Waals surface area contributed by atoms with Gasteiger partial charge in [-0.2, -0.15) is 0 Å². The summed E-state index contributed by atoms with van der Waals surface area (Å²) in [6.07, 6.45) is 10.8. The minimum atomic E-state index is -0.969. The molecule has 0 amide bonds. The van der Waals surface area contributed by atoms with Crippen LogP contribution in [-0.2, 0) is 40.2 Å². The van der Waals surface area contributed by atoms with Crippen molar-refractivity contribution in [1.82, 2.24) is 0 Å². The van der Waals surface area contributed by atoms with Crippen molar-refractivity contribution in [2.24, 2.45) is 0 Å². The molecule has 0 aliphatic rings. The number of carboxylic acid groups (broad SMARTS) is 2. The van der Waals surface area contributed by atoms with Crippen molar-refractivity contribution in [1.29, 1.82) is 0 Å². The van der Waals surface area contributed by atoms with E-state index in [-0.39, 0.29) is 24.4 Å². The fraction of sp³-hybridized carbons (Fsp3) is 0.800. The zero-order chi connectivity index (χ0) is 22.2. The molecule has 0 aliphatic heterocycles. The third-order valence-corrected chi connectivity index (χ3v) is 3.82. The number of rotatable bonds is 16. The summed E-state index contributed by atoms with van der Waals surface area (Å²) in [5.41, 5.74) is 0. The molecule has 8 heteroatoms. The summed E-state index contributed by atoms with van der Waals surface area (Å²) < 4.78 is 8.19. The molecule has 0 atom stereocenters. The third-order valence-electron chi connectivity index (χ3n) is 3.82. The second-order valence-corrected chi connectivity index (χ2v) is 6.68. The van der Waals surface area contributed by atoms with Gasteiger partial charge in [0.15, 0.2) is 0 Å². The molecule has 0 aromatic rings. The van der Waals surface area contributed by atoms with Gasteiger partial charge in [0, 0.05) is 24.8 Å². The second kappa shape index (κ2) is 25.7. The molecule has 0 aromatic heterocycles. The number of carboxylic acids is 2. The molecular formula is C20H34O7V. The molecular weight excluding hydrogens is 403 g/mol. The van der Waals surface area contributed by atoms with Crippen molar-refractivity contribution >= 4 is 23.5 Å². The number of hydrogen-bond donors (Lipinski definition) is 0. The van der Waals surface area contributed by atoms with Crippen molar-refractivity contribution in [3.63, 3.8) is 0 Å². The zero-order valence-electron chi connectivity index (χ0n) is 17.2.